The fraction of sp³-hybridized carbons (Fsp3) is 0.658. The van der Waals surface area contributed by atoms with Gasteiger partial charge in [-0.15, -0.1) is 0 Å². The SMILES string of the molecule is CC/C=C\C/C=C\C/C=C\C/C=C\C/C=C\C/C=C\CCCCCCCCCCCCC(=O)OCC(O)COP(=O)(O)OCC(O)COP(=O)(O)OCC(COC(=O)CCCCCCCCC/C=C\C/C=C\C/C=C\CC)OC(=O)CCCCCCC/C=C\C/C=C\C/C=C\CC. The van der Waals surface area contributed by atoms with Crippen LogP contribution in [0.2, 0.25) is 0 Å². The van der Waals surface area contributed by atoms with Crippen LogP contribution in [-0.4, -0.2) is 95.9 Å². The molecular formula is C79H132O16P2. The molecule has 0 aromatic rings. The predicted molar refractivity (Wildman–Crippen MR) is 399 cm³/mol. The Bertz CT molecular complexity index is 2350. The number of aliphatic hydroxyl groups excluding tert-OH is 2. The highest BCUT2D eigenvalue weighted by molar-refractivity contribution is 7.47. The molecule has 0 spiro atoms. The maximum Gasteiger partial charge on any atom is 0.472 e. The number of carbonyl (C=O) groups excluding carboxylic acids is 3. The number of ether oxygens (including phenoxy) is 3. The maximum absolute atomic E-state index is 12.9. The third-order valence-electron chi connectivity index (χ3n) is 15.0. The first-order chi connectivity index (χ1) is 47.2. The molecule has 0 bridgehead atoms. The lowest BCUT2D eigenvalue weighted by Crippen LogP contribution is -2.30. The second-order valence-corrected chi connectivity index (χ2v) is 27.2. The maximum atomic E-state index is 12.9. The largest absolute Gasteiger partial charge is 0.472 e. The van der Waals surface area contributed by atoms with Gasteiger partial charge >= 0.3 is 33.6 Å². The van der Waals surface area contributed by atoms with E-state index in [-0.39, 0.29) is 19.3 Å². The van der Waals surface area contributed by atoms with Crippen molar-refractivity contribution < 1.29 is 75.8 Å². The monoisotopic (exact) mass is 1400 g/mol. The first-order valence-electron chi connectivity index (χ1n) is 37.1. The molecule has 0 aromatic heterocycles. The van der Waals surface area contributed by atoms with Crippen LogP contribution in [0.4, 0.5) is 0 Å². The second kappa shape index (κ2) is 71.3. The normalized spacial score (nSPS) is 14.9. The summed E-state index contributed by atoms with van der Waals surface area (Å²) in [5.41, 5.74) is 0. The summed E-state index contributed by atoms with van der Waals surface area (Å²) in [6, 6.07) is 0. The summed E-state index contributed by atoms with van der Waals surface area (Å²) in [7, 11) is -9.80. The Balaban J connectivity index is 4.54. The Hall–Kier alpha value is -4.57. The van der Waals surface area contributed by atoms with E-state index in [1.165, 1.54) is 32.1 Å². The molecule has 0 radical (unpaired) electrons. The van der Waals surface area contributed by atoms with Crippen molar-refractivity contribution in [2.24, 2.45) is 0 Å². The lowest BCUT2D eigenvalue weighted by molar-refractivity contribution is -0.161. The third-order valence-corrected chi connectivity index (χ3v) is 16.9. The molecule has 0 rings (SSSR count). The van der Waals surface area contributed by atoms with Gasteiger partial charge in [0.15, 0.2) is 6.10 Å². The summed E-state index contributed by atoms with van der Waals surface area (Å²) in [4.78, 5) is 58.5. The first kappa shape index (κ1) is 92.4. The van der Waals surface area contributed by atoms with Gasteiger partial charge in [0.05, 0.1) is 26.4 Å². The number of rotatable bonds is 69. The minimum absolute atomic E-state index is 0.0794. The minimum atomic E-state index is -4.94. The average Bonchev–Trinajstić information content (AvgIpc) is 1.48. The molecule has 0 aliphatic carbocycles. The van der Waals surface area contributed by atoms with E-state index in [4.69, 9.17) is 32.3 Å². The van der Waals surface area contributed by atoms with E-state index in [1.54, 1.807) is 0 Å². The fourth-order valence-corrected chi connectivity index (χ4v) is 11.1. The van der Waals surface area contributed by atoms with Crippen molar-refractivity contribution in [3.05, 3.63) is 146 Å². The number of hydrogen-bond acceptors (Lipinski definition) is 14. The predicted octanol–water partition coefficient (Wildman–Crippen LogP) is 21.3. The third kappa shape index (κ3) is 72.5. The smallest absolute Gasteiger partial charge is 0.463 e. The van der Waals surface area contributed by atoms with Crippen LogP contribution in [0.3, 0.4) is 0 Å². The molecule has 0 saturated carbocycles. The molecule has 0 aromatic carbocycles. The van der Waals surface area contributed by atoms with E-state index in [0.717, 1.165) is 186 Å². The van der Waals surface area contributed by atoms with E-state index >= 15 is 0 Å². The Labute approximate surface area is 587 Å². The van der Waals surface area contributed by atoms with Crippen molar-refractivity contribution in [3.63, 3.8) is 0 Å². The number of phosphoric acid groups is 2. The highest BCUT2D eigenvalue weighted by atomic mass is 31.2. The summed E-state index contributed by atoms with van der Waals surface area (Å²) in [6.07, 6.45) is 86.1. The molecular weight excluding hydrogens is 1270 g/mol. The zero-order valence-corrected chi connectivity index (χ0v) is 62.0. The summed E-state index contributed by atoms with van der Waals surface area (Å²) in [5, 5.41) is 20.6. The van der Waals surface area contributed by atoms with E-state index in [2.05, 4.69) is 167 Å². The number of esters is 3. The zero-order chi connectivity index (χ0) is 70.9. The van der Waals surface area contributed by atoms with Crippen molar-refractivity contribution in [1.29, 1.82) is 0 Å². The van der Waals surface area contributed by atoms with E-state index < -0.39 is 91.5 Å². The van der Waals surface area contributed by atoms with Gasteiger partial charge in [-0.25, -0.2) is 9.13 Å². The number of phosphoric ester groups is 2. The van der Waals surface area contributed by atoms with E-state index in [9.17, 15) is 43.5 Å². The van der Waals surface area contributed by atoms with Crippen LogP contribution in [0.15, 0.2) is 146 Å². The van der Waals surface area contributed by atoms with E-state index in [0.29, 0.717) is 19.3 Å². The Morgan fingerprint density at radius 3 is 0.814 bits per heavy atom. The Morgan fingerprint density at radius 1 is 0.289 bits per heavy atom. The quantitative estimate of drug-likeness (QED) is 0.0146. The van der Waals surface area contributed by atoms with Gasteiger partial charge in [-0.05, 0) is 135 Å². The molecule has 5 atom stereocenters. The fourth-order valence-electron chi connectivity index (χ4n) is 9.48. The molecule has 4 N–H and O–H groups in total. The number of hydrogen-bond donors (Lipinski definition) is 4. The molecule has 0 heterocycles. The van der Waals surface area contributed by atoms with Gasteiger partial charge in [0.25, 0.3) is 0 Å². The lowest BCUT2D eigenvalue weighted by Gasteiger charge is -2.21. The van der Waals surface area contributed by atoms with Gasteiger partial charge in [-0.3, -0.25) is 32.5 Å². The molecule has 0 aliphatic heterocycles. The van der Waals surface area contributed by atoms with Gasteiger partial charge in [0, 0.05) is 19.3 Å². The zero-order valence-electron chi connectivity index (χ0n) is 60.2. The molecule has 0 fully saturated rings. The summed E-state index contributed by atoms with van der Waals surface area (Å²) < 4.78 is 61.0. The second-order valence-electron chi connectivity index (χ2n) is 24.3. The van der Waals surface area contributed by atoms with Crippen LogP contribution >= 0.6 is 15.6 Å². The van der Waals surface area contributed by atoms with Crippen LogP contribution in [0.25, 0.3) is 0 Å². The van der Waals surface area contributed by atoms with Gasteiger partial charge in [0.2, 0.25) is 0 Å². The molecule has 0 saturated heterocycles. The van der Waals surface area contributed by atoms with Crippen molar-refractivity contribution in [2.75, 3.05) is 39.6 Å². The molecule has 16 nitrogen and oxygen atoms in total. The molecule has 18 heteroatoms. The molecule has 97 heavy (non-hydrogen) atoms. The summed E-state index contributed by atoms with van der Waals surface area (Å²) in [6.45, 7) is 2.29. The van der Waals surface area contributed by atoms with Crippen molar-refractivity contribution >= 4 is 33.6 Å². The van der Waals surface area contributed by atoms with Crippen molar-refractivity contribution in [3.8, 4) is 0 Å². The number of aliphatic hydroxyl groups is 2. The molecule has 5 unspecified atom stereocenters. The van der Waals surface area contributed by atoms with Crippen LogP contribution < -0.4 is 0 Å². The number of unbranched alkanes of at least 4 members (excludes halogenated alkanes) is 22. The van der Waals surface area contributed by atoms with Crippen LogP contribution in [0, 0.1) is 0 Å². The van der Waals surface area contributed by atoms with Crippen LogP contribution in [-0.2, 0) is 55.8 Å². The van der Waals surface area contributed by atoms with Gasteiger partial charge < -0.3 is 34.2 Å². The van der Waals surface area contributed by atoms with Gasteiger partial charge in [-0.1, -0.05) is 269 Å². The van der Waals surface area contributed by atoms with Crippen LogP contribution in [0.1, 0.15) is 278 Å². The summed E-state index contributed by atoms with van der Waals surface area (Å²) >= 11 is 0. The van der Waals surface area contributed by atoms with Crippen LogP contribution in [0.5, 0.6) is 0 Å². The Morgan fingerprint density at radius 2 is 0.515 bits per heavy atom. The molecule has 0 amide bonds. The van der Waals surface area contributed by atoms with Gasteiger partial charge in [-0.2, -0.15) is 0 Å². The topological polar surface area (TPSA) is 231 Å². The highest BCUT2D eigenvalue weighted by Gasteiger charge is 2.29. The molecule has 0 aliphatic rings. The average molecular weight is 1400 g/mol. The Kier molecular flexibility index (Phi) is 67.9. The first-order valence-corrected chi connectivity index (χ1v) is 40.1. The summed E-state index contributed by atoms with van der Waals surface area (Å²) in [5.74, 6) is -1.61. The lowest BCUT2D eigenvalue weighted by atomic mass is 10.1. The van der Waals surface area contributed by atoms with Gasteiger partial charge in [0.1, 0.15) is 25.4 Å². The molecule has 554 valence electrons. The number of allylic oxidation sites excluding steroid dienone is 24. The highest BCUT2D eigenvalue weighted by Crippen LogP contribution is 2.45. The van der Waals surface area contributed by atoms with Crippen molar-refractivity contribution in [2.45, 2.75) is 296 Å². The standard InChI is InChI=1S/C79H132O16P2/c1-4-7-10-13-16-19-22-25-28-30-31-32-33-34-35-36-37-38-39-40-41-43-46-47-50-53-56-59-62-65-77(82)89-68-74(80)69-91-96(85,86)92-70-75(81)71-93-97(87,88)94-73-76(95-79(84)67-64-61-58-55-52-49-44-27-24-21-18-15-12-9-6-3)72-90-78(83)66-63-60-57-54-51-48-45-42-29-26-23-20-17-14-11-8-5-2/h7-12,16-21,25-29,31-32,34-35,37-38,44,74-76,80-81H,4-6,13-15,22-24,30,33,36,39-43,45-73H2,1-3H3,(H,85,86)(H,87,88)/b10-7-,11-8-,12-9-,19-16-,20-17-,21-18-,28-25-,29-26-,32-31-,35-34-,38-37-,44-27-. The minimum Gasteiger partial charge on any atom is -0.463 e. The number of carbonyl (C=O) groups is 3. The van der Waals surface area contributed by atoms with E-state index in [1.807, 2.05) is 0 Å². The van der Waals surface area contributed by atoms with Crippen molar-refractivity contribution in [1.82, 2.24) is 0 Å².